The van der Waals surface area contributed by atoms with E-state index < -0.39 is 23.8 Å². The van der Waals surface area contributed by atoms with E-state index in [-0.39, 0.29) is 24.5 Å². The van der Waals surface area contributed by atoms with Crippen LogP contribution in [0.5, 0.6) is 5.75 Å². The third kappa shape index (κ3) is 7.38. The Labute approximate surface area is 322 Å². The molecule has 4 aromatic rings. The van der Waals surface area contributed by atoms with Gasteiger partial charge in [-0.1, -0.05) is 61.5 Å². The molecule has 0 radical (unpaired) electrons. The fourth-order valence-electron chi connectivity index (χ4n) is 8.73. The predicted octanol–water partition coefficient (Wildman–Crippen LogP) is 6.20. The highest BCUT2D eigenvalue weighted by Crippen LogP contribution is 2.37. The van der Waals surface area contributed by atoms with Gasteiger partial charge in [0, 0.05) is 63.6 Å². The molecule has 8 rings (SSSR count). The van der Waals surface area contributed by atoms with Crippen LogP contribution in [0.3, 0.4) is 0 Å². The van der Waals surface area contributed by atoms with Gasteiger partial charge in [0.2, 0.25) is 11.8 Å². The van der Waals surface area contributed by atoms with Crippen molar-refractivity contribution in [1.82, 2.24) is 15.1 Å². The van der Waals surface area contributed by atoms with Crippen molar-refractivity contribution in [1.29, 1.82) is 0 Å². The van der Waals surface area contributed by atoms with Crippen LogP contribution < -0.4 is 15.1 Å². The summed E-state index contributed by atoms with van der Waals surface area (Å²) in [5, 5.41) is 12.2. The number of imide groups is 2. The summed E-state index contributed by atoms with van der Waals surface area (Å²) in [7, 11) is 0. The van der Waals surface area contributed by atoms with Crippen molar-refractivity contribution < 1.29 is 24.3 Å². The molecule has 0 aliphatic carbocycles. The zero-order valence-electron chi connectivity index (χ0n) is 31.2. The number of piperidine rings is 2. The summed E-state index contributed by atoms with van der Waals surface area (Å²) in [6.45, 7) is 8.81. The average molecular weight is 738 g/mol. The number of allylic oxidation sites excluding steroid dienone is 1. The fraction of sp³-hybridized carbons (Fsp3) is 0.333. The minimum Gasteiger partial charge on any atom is -0.508 e. The maximum absolute atomic E-state index is 13.3. The Morgan fingerprint density at radius 2 is 1.29 bits per heavy atom. The third-order valence-corrected chi connectivity index (χ3v) is 11.7. The lowest BCUT2D eigenvalue weighted by atomic mass is 9.88. The highest BCUT2D eigenvalue weighted by atomic mass is 16.3. The molecule has 0 bridgehead atoms. The second-order valence-electron chi connectivity index (χ2n) is 15.1. The summed E-state index contributed by atoms with van der Waals surface area (Å²) in [4.78, 5) is 58.9. The van der Waals surface area contributed by atoms with E-state index in [1.807, 2.05) is 24.3 Å². The van der Waals surface area contributed by atoms with Crippen LogP contribution >= 0.6 is 0 Å². The zero-order chi connectivity index (χ0) is 38.1. The summed E-state index contributed by atoms with van der Waals surface area (Å²) in [6, 6.07) is 31.5. The monoisotopic (exact) mass is 737 g/mol. The van der Waals surface area contributed by atoms with E-state index >= 15 is 0 Å². The smallest absolute Gasteiger partial charge is 0.262 e. The Morgan fingerprint density at radius 1 is 0.673 bits per heavy atom. The fourth-order valence-corrected chi connectivity index (χ4v) is 8.73. The Balaban J connectivity index is 0.860. The minimum absolute atomic E-state index is 0.102. The molecule has 282 valence electrons. The van der Waals surface area contributed by atoms with Gasteiger partial charge in [0.15, 0.2) is 0 Å². The van der Waals surface area contributed by atoms with Gasteiger partial charge in [0.25, 0.3) is 11.8 Å². The molecule has 4 aromatic carbocycles. The van der Waals surface area contributed by atoms with Gasteiger partial charge in [-0.25, -0.2) is 0 Å². The van der Waals surface area contributed by atoms with Crippen LogP contribution in [0.2, 0.25) is 0 Å². The Kier molecular flexibility index (Phi) is 10.2. The van der Waals surface area contributed by atoms with Crippen molar-refractivity contribution in [3.8, 4) is 5.75 Å². The molecule has 55 heavy (non-hydrogen) atoms. The maximum atomic E-state index is 13.3. The lowest BCUT2D eigenvalue weighted by Crippen LogP contribution is -2.54. The Hall–Kier alpha value is -5.74. The standard InChI is InChI=1S/C45H47N5O5/c1-2-37(31-6-4-3-5-7-31)42(33-10-15-36(51)16-11-33)32-8-12-34(13-9-32)48-22-20-30(21-23-48)29-47-24-26-49(27-25-47)35-14-17-38-39(28-35)45(55)50(44(38)54)40-18-19-41(52)46-43(40)53/h3-17,28,30,40,51H,2,18-27,29H2,1H3,(H,46,52,53)/b42-37-. The van der Waals surface area contributed by atoms with E-state index in [1.54, 1.807) is 24.3 Å². The molecule has 0 saturated carbocycles. The number of rotatable bonds is 9. The molecule has 10 nitrogen and oxygen atoms in total. The summed E-state index contributed by atoms with van der Waals surface area (Å²) in [6.07, 6.45) is 3.41. The minimum atomic E-state index is -0.961. The van der Waals surface area contributed by atoms with E-state index in [0.29, 0.717) is 17.0 Å². The van der Waals surface area contributed by atoms with Gasteiger partial charge in [-0.15, -0.1) is 0 Å². The molecular formula is C45H47N5O5. The van der Waals surface area contributed by atoms with Crippen LogP contribution in [0.4, 0.5) is 11.4 Å². The van der Waals surface area contributed by atoms with Gasteiger partial charge in [-0.05, 0) is 102 Å². The number of hydrogen-bond donors (Lipinski definition) is 2. The summed E-state index contributed by atoms with van der Waals surface area (Å²) >= 11 is 0. The van der Waals surface area contributed by atoms with E-state index in [1.165, 1.54) is 28.0 Å². The molecule has 3 fully saturated rings. The first-order valence-corrected chi connectivity index (χ1v) is 19.5. The number of nitrogens with one attached hydrogen (secondary N) is 1. The normalized spacial score (nSPS) is 20.1. The number of carbonyl (C=O) groups is 4. The van der Waals surface area contributed by atoms with Crippen LogP contribution in [0.1, 0.15) is 76.4 Å². The van der Waals surface area contributed by atoms with Crippen molar-refractivity contribution in [2.24, 2.45) is 5.92 Å². The maximum Gasteiger partial charge on any atom is 0.262 e. The molecule has 3 saturated heterocycles. The van der Waals surface area contributed by atoms with E-state index in [4.69, 9.17) is 0 Å². The molecule has 0 spiro atoms. The van der Waals surface area contributed by atoms with Crippen LogP contribution in [0.25, 0.3) is 11.1 Å². The summed E-state index contributed by atoms with van der Waals surface area (Å²) < 4.78 is 0. The predicted molar refractivity (Wildman–Crippen MR) is 214 cm³/mol. The van der Waals surface area contributed by atoms with Crippen LogP contribution in [0.15, 0.2) is 97.1 Å². The van der Waals surface area contributed by atoms with Crippen molar-refractivity contribution in [3.05, 3.63) is 125 Å². The molecule has 10 heteroatoms. The quantitative estimate of drug-likeness (QED) is 0.154. The SMILES string of the molecule is CC/C(=C(/c1ccc(O)cc1)c1ccc(N2CCC(CN3CCN(c4ccc5c(c4)C(=O)N(C4CCC(=O)NC4=O)C5=O)CC3)CC2)cc1)c1ccccc1. The topological polar surface area (TPSA) is 114 Å². The first-order valence-electron chi connectivity index (χ1n) is 19.5. The first kappa shape index (κ1) is 36.2. The van der Waals surface area contributed by atoms with Crippen LogP contribution in [-0.4, -0.2) is 90.4 Å². The molecule has 4 amide bonds. The number of aromatic hydroxyl groups is 1. The highest BCUT2D eigenvalue weighted by Gasteiger charge is 2.44. The van der Waals surface area contributed by atoms with E-state index in [0.717, 1.165) is 81.2 Å². The van der Waals surface area contributed by atoms with Crippen LogP contribution in [0, 0.1) is 5.92 Å². The molecule has 1 atom stereocenters. The van der Waals surface area contributed by atoms with E-state index in [2.05, 4.69) is 75.5 Å². The molecule has 1 unspecified atom stereocenters. The van der Waals surface area contributed by atoms with Crippen LogP contribution in [-0.2, 0) is 9.59 Å². The molecule has 4 heterocycles. The van der Waals surface area contributed by atoms with Crippen molar-refractivity contribution >= 4 is 46.1 Å². The Bertz CT molecular complexity index is 2120. The van der Waals surface area contributed by atoms with Crippen molar-refractivity contribution in [2.45, 2.75) is 45.1 Å². The molecule has 4 aliphatic rings. The van der Waals surface area contributed by atoms with Gasteiger partial charge >= 0.3 is 0 Å². The third-order valence-electron chi connectivity index (χ3n) is 11.7. The first-order chi connectivity index (χ1) is 26.8. The van der Waals surface area contributed by atoms with Gasteiger partial charge in [-0.2, -0.15) is 0 Å². The van der Waals surface area contributed by atoms with Gasteiger partial charge in [-0.3, -0.25) is 34.3 Å². The van der Waals surface area contributed by atoms with Crippen molar-refractivity contribution in [3.63, 3.8) is 0 Å². The zero-order valence-corrected chi connectivity index (χ0v) is 31.2. The number of phenolic OH excluding ortho intramolecular Hbond substituents is 1. The number of benzene rings is 4. The lowest BCUT2D eigenvalue weighted by molar-refractivity contribution is -0.136. The summed E-state index contributed by atoms with van der Waals surface area (Å²) in [5.74, 6) is -1.03. The number of hydrogen-bond acceptors (Lipinski definition) is 8. The van der Waals surface area contributed by atoms with Gasteiger partial charge in [0.05, 0.1) is 11.1 Å². The summed E-state index contributed by atoms with van der Waals surface area (Å²) in [5.41, 5.74) is 8.70. The molecular weight excluding hydrogens is 691 g/mol. The number of phenols is 1. The average Bonchev–Trinajstić information content (AvgIpc) is 3.46. The van der Waals surface area contributed by atoms with E-state index in [9.17, 15) is 24.3 Å². The van der Waals surface area contributed by atoms with Crippen molar-refractivity contribution in [2.75, 3.05) is 55.6 Å². The van der Waals surface area contributed by atoms with Gasteiger partial charge in [0.1, 0.15) is 11.8 Å². The highest BCUT2D eigenvalue weighted by molar-refractivity contribution is 6.23. The Morgan fingerprint density at radius 3 is 1.95 bits per heavy atom. The molecule has 4 aliphatic heterocycles. The number of anilines is 2. The second kappa shape index (κ2) is 15.5. The molecule has 0 aromatic heterocycles. The molecule has 2 N–H and O–H groups in total. The number of piperazine rings is 1. The number of nitrogens with zero attached hydrogens (tertiary/aromatic N) is 4. The number of fused-ring (bicyclic) bond motifs is 1. The number of amides is 4. The number of carbonyl (C=O) groups excluding carboxylic acids is 4. The second-order valence-corrected chi connectivity index (χ2v) is 15.1. The largest absolute Gasteiger partial charge is 0.508 e. The van der Waals surface area contributed by atoms with Gasteiger partial charge < -0.3 is 14.9 Å². The lowest BCUT2D eigenvalue weighted by Gasteiger charge is -2.40.